The molecule has 2 rings (SSSR count). The maximum absolute atomic E-state index is 13.8. The Morgan fingerprint density at radius 2 is 1.81 bits per heavy atom. The number of carbonyl (C=O) groups is 2. The molecule has 10 heteroatoms. The van der Waals surface area contributed by atoms with Crippen LogP contribution in [-0.4, -0.2) is 35.8 Å². The predicted molar refractivity (Wildman–Crippen MR) is 92.0 cm³/mol. The van der Waals surface area contributed by atoms with E-state index in [0.717, 1.165) is 19.4 Å². The lowest BCUT2D eigenvalue weighted by atomic mass is 10.1. The first-order valence-electron chi connectivity index (χ1n) is 7.58. The quantitative estimate of drug-likeness (QED) is 0.574. The van der Waals surface area contributed by atoms with Crippen LogP contribution in [0.1, 0.15) is 5.56 Å². The standard InChI is InChI=1S/C17H15ClF3N3O3/c1-27-15(26)16(17(19,20)21,23-13-8-7-12(18)10-22-13)24-14(25)9-11-5-3-2-4-6-11/h2-8,10H,9H2,1H3,(H,22,23)(H,24,25). The number of ether oxygens (including phenoxy) is 1. The van der Waals surface area contributed by atoms with Crippen molar-refractivity contribution in [1.82, 2.24) is 10.3 Å². The molecule has 0 aliphatic rings. The van der Waals surface area contributed by atoms with Crippen molar-refractivity contribution in [2.24, 2.45) is 0 Å². The Morgan fingerprint density at radius 1 is 1.15 bits per heavy atom. The zero-order chi connectivity index (χ0) is 20.1. The number of aromatic nitrogens is 1. The second-order valence-corrected chi connectivity index (χ2v) is 5.87. The van der Waals surface area contributed by atoms with E-state index in [1.807, 2.05) is 5.32 Å². The van der Waals surface area contributed by atoms with Gasteiger partial charge in [-0.2, -0.15) is 13.2 Å². The molecule has 0 radical (unpaired) electrons. The highest BCUT2D eigenvalue weighted by Gasteiger charge is 2.63. The Bertz CT molecular complexity index is 801. The number of halogens is 4. The van der Waals surface area contributed by atoms with Crippen molar-refractivity contribution in [3.05, 3.63) is 59.2 Å². The number of alkyl halides is 3. The number of methoxy groups -OCH3 is 1. The first kappa shape index (κ1) is 20.5. The molecule has 0 spiro atoms. The Morgan fingerprint density at radius 3 is 2.33 bits per heavy atom. The lowest BCUT2D eigenvalue weighted by Crippen LogP contribution is -2.69. The van der Waals surface area contributed by atoms with Gasteiger partial charge in [0.05, 0.1) is 18.6 Å². The molecule has 0 bridgehead atoms. The summed E-state index contributed by atoms with van der Waals surface area (Å²) in [6.07, 6.45) is -4.51. The van der Waals surface area contributed by atoms with E-state index in [4.69, 9.17) is 11.6 Å². The summed E-state index contributed by atoms with van der Waals surface area (Å²) in [7, 11) is 0.781. The molecule has 1 aromatic carbocycles. The highest BCUT2D eigenvalue weighted by atomic mass is 35.5. The molecule has 27 heavy (non-hydrogen) atoms. The average molecular weight is 402 g/mol. The normalized spacial score (nSPS) is 13.4. The summed E-state index contributed by atoms with van der Waals surface area (Å²) < 4.78 is 45.8. The number of anilines is 1. The topological polar surface area (TPSA) is 80.3 Å². The van der Waals surface area contributed by atoms with Crippen LogP contribution in [0.2, 0.25) is 5.02 Å². The van der Waals surface area contributed by atoms with Crippen LogP contribution < -0.4 is 10.6 Å². The summed E-state index contributed by atoms with van der Waals surface area (Å²) in [6.45, 7) is 0. The fourth-order valence-corrected chi connectivity index (χ4v) is 2.33. The van der Waals surface area contributed by atoms with Gasteiger partial charge in [-0.15, -0.1) is 0 Å². The van der Waals surface area contributed by atoms with Gasteiger partial charge < -0.3 is 15.4 Å². The van der Waals surface area contributed by atoms with E-state index in [1.165, 1.54) is 6.07 Å². The molecule has 1 heterocycles. The summed E-state index contributed by atoms with van der Waals surface area (Å²) in [5, 5.41) is 3.82. The fraction of sp³-hybridized carbons (Fsp3) is 0.235. The second kappa shape index (κ2) is 8.26. The number of amides is 1. The highest BCUT2D eigenvalue weighted by molar-refractivity contribution is 6.30. The minimum absolute atomic E-state index is 0.185. The Hall–Kier alpha value is -2.81. The van der Waals surface area contributed by atoms with Crippen LogP contribution in [-0.2, 0) is 20.7 Å². The highest BCUT2D eigenvalue weighted by Crippen LogP contribution is 2.33. The molecule has 1 unspecified atom stereocenters. The van der Waals surface area contributed by atoms with Crippen LogP contribution in [0.5, 0.6) is 0 Å². The lowest BCUT2D eigenvalue weighted by Gasteiger charge is -2.34. The van der Waals surface area contributed by atoms with E-state index >= 15 is 0 Å². The Labute approximate surface area is 157 Å². The molecule has 0 fully saturated rings. The third kappa shape index (κ3) is 4.88. The van der Waals surface area contributed by atoms with Crippen LogP contribution in [0.15, 0.2) is 48.7 Å². The number of nitrogens with zero attached hydrogens (tertiary/aromatic N) is 1. The van der Waals surface area contributed by atoms with Crippen LogP contribution in [0.4, 0.5) is 19.0 Å². The first-order valence-corrected chi connectivity index (χ1v) is 7.95. The van der Waals surface area contributed by atoms with E-state index in [-0.39, 0.29) is 17.3 Å². The van der Waals surface area contributed by atoms with Gasteiger partial charge in [0, 0.05) is 6.20 Å². The van der Waals surface area contributed by atoms with E-state index in [0.29, 0.717) is 5.56 Å². The molecule has 0 saturated heterocycles. The number of nitrogens with one attached hydrogen (secondary N) is 2. The summed E-state index contributed by atoms with van der Waals surface area (Å²) in [5.41, 5.74) is -3.05. The van der Waals surface area contributed by atoms with Gasteiger partial charge in [0.15, 0.2) is 0 Å². The average Bonchev–Trinajstić information content (AvgIpc) is 2.62. The number of carbonyl (C=O) groups excluding carboxylic acids is 2. The number of pyridine rings is 1. The molecule has 1 amide bonds. The largest absolute Gasteiger partial charge is 0.466 e. The summed E-state index contributed by atoms with van der Waals surface area (Å²) in [6, 6.07) is 10.5. The molecule has 6 nitrogen and oxygen atoms in total. The summed E-state index contributed by atoms with van der Waals surface area (Å²) >= 11 is 5.66. The van der Waals surface area contributed by atoms with Crippen LogP contribution in [0, 0.1) is 0 Å². The molecular formula is C17H15ClF3N3O3. The minimum atomic E-state index is -5.23. The maximum atomic E-state index is 13.8. The van der Waals surface area contributed by atoms with Crippen LogP contribution >= 0.6 is 11.6 Å². The molecule has 0 aliphatic heterocycles. The van der Waals surface area contributed by atoms with E-state index in [1.54, 1.807) is 35.6 Å². The van der Waals surface area contributed by atoms with Crippen molar-refractivity contribution in [3.63, 3.8) is 0 Å². The smallest absolute Gasteiger partial charge is 0.441 e. The van der Waals surface area contributed by atoms with E-state index in [9.17, 15) is 22.8 Å². The van der Waals surface area contributed by atoms with Gasteiger partial charge in [0.25, 0.3) is 0 Å². The first-order chi connectivity index (χ1) is 12.7. The van der Waals surface area contributed by atoms with Crippen molar-refractivity contribution < 1.29 is 27.5 Å². The van der Waals surface area contributed by atoms with Gasteiger partial charge in [-0.1, -0.05) is 41.9 Å². The molecule has 1 aromatic heterocycles. The van der Waals surface area contributed by atoms with Gasteiger partial charge in [0.2, 0.25) is 5.91 Å². The molecular weight excluding hydrogens is 387 g/mol. The fourth-order valence-electron chi connectivity index (χ4n) is 2.22. The summed E-state index contributed by atoms with van der Waals surface area (Å²) in [5.74, 6) is -3.11. The van der Waals surface area contributed by atoms with Gasteiger partial charge in [-0.3, -0.25) is 4.79 Å². The van der Waals surface area contributed by atoms with Crippen molar-refractivity contribution in [2.45, 2.75) is 18.3 Å². The van der Waals surface area contributed by atoms with Gasteiger partial charge in [-0.05, 0) is 17.7 Å². The zero-order valence-electron chi connectivity index (χ0n) is 14.0. The van der Waals surface area contributed by atoms with Gasteiger partial charge >= 0.3 is 17.8 Å². The summed E-state index contributed by atoms with van der Waals surface area (Å²) in [4.78, 5) is 28.0. The van der Waals surface area contributed by atoms with Crippen LogP contribution in [0.3, 0.4) is 0 Å². The van der Waals surface area contributed by atoms with E-state index in [2.05, 4.69) is 9.72 Å². The third-order valence-corrected chi connectivity index (χ3v) is 3.72. The van der Waals surface area contributed by atoms with Crippen molar-refractivity contribution in [3.8, 4) is 0 Å². The van der Waals surface area contributed by atoms with Crippen molar-refractivity contribution in [2.75, 3.05) is 12.4 Å². The number of hydrogen-bond donors (Lipinski definition) is 2. The molecule has 2 aromatic rings. The molecule has 1 atom stereocenters. The third-order valence-electron chi connectivity index (χ3n) is 3.49. The number of benzene rings is 1. The maximum Gasteiger partial charge on any atom is 0.441 e. The van der Waals surface area contributed by atoms with Gasteiger partial charge in [0.1, 0.15) is 5.82 Å². The molecule has 2 N–H and O–H groups in total. The molecule has 0 saturated carbocycles. The molecule has 144 valence electrons. The predicted octanol–water partition coefficient (Wildman–Crippen LogP) is 2.94. The molecule has 0 aliphatic carbocycles. The minimum Gasteiger partial charge on any atom is -0.466 e. The Balaban J connectivity index is 2.36. The number of hydrogen-bond acceptors (Lipinski definition) is 5. The van der Waals surface area contributed by atoms with Crippen molar-refractivity contribution >= 4 is 29.3 Å². The van der Waals surface area contributed by atoms with Crippen LogP contribution in [0.25, 0.3) is 0 Å². The number of esters is 1. The number of rotatable bonds is 6. The monoisotopic (exact) mass is 401 g/mol. The zero-order valence-corrected chi connectivity index (χ0v) is 14.8. The SMILES string of the molecule is COC(=O)C(NC(=O)Cc1ccccc1)(Nc1ccc(Cl)cn1)C(F)(F)F. The van der Waals surface area contributed by atoms with Crippen molar-refractivity contribution in [1.29, 1.82) is 0 Å². The Kier molecular flexibility index (Phi) is 6.27. The lowest BCUT2D eigenvalue weighted by molar-refractivity contribution is -0.206. The second-order valence-electron chi connectivity index (χ2n) is 5.44. The van der Waals surface area contributed by atoms with Gasteiger partial charge in [-0.25, -0.2) is 9.78 Å². The van der Waals surface area contributed by atoms with E-state index < -0.39 is 23.7 Å².